The second-order valence-electron chi connectivity index (χ2n) is 8.63. The number of rotatable bonds is 6. The summed E-state index contributed by atoms with van der Waals surface area (Å²) in [7, 11) is 0. The lowest BCUT2D eigenvalue weighted by Gasteiger charge is -2.40. The van der Waals surface area contributed by atoms with Crippen molar-refractivity contribution in [1.29, 1.82) is 0 Å². The molecule has 1 unspecified atom stereocenters. The molecule has 6 heteroatoms. The molecule has 1 atom stereocenters. The number of carbonyl (C=O) groups excluding carboxylic acids is 1. The third kappa shape index (κ3) is 4.61. The van der Waals surface area contributed by atoms with Gasteiger partial charge in [0.2, 0.25) is 5.91 Å². The molecule has 0 N–H and O–H groups in total. The first-order valence-corrected chi connectivity index (χ1v) is 10.5. The van der Waals surface area contributed by atoms with E-state index in [9.17, 15) is 4.79 Å². The molecule has 28 heavy (non-hydrogen) atoms. The van der Waals surface area contributed by atoms with Gasteiger partial charge < -0.3 is 4.90 Å². The molecule has 1 aromatic heterocycles. The molecule has 2 aromatic rings. The Kier molecular flexibility index (Phi) is 5.76. The average Bonchev–Trinajstić information content (AvgIpc) is 3.32. The number of benzene rings is 1. The van der Waals surface area contributed by atoms with E-state index < -0.39 is 0 Å². The summed E-state index contributed by atoms with van der Waals surface area (Å²) >= 11 is 0. The first kappa shape index (κ1) is 19.1. The second kappa shape index (κ2) is 8.43. The minimum absolute atomic E-state index is 0.295. The highest BCUT2D eigenvalue weighted by molar-refractivity contribution is 5.76. The summed E-state index contributed by atoms with van der Waals surface area (Å²) in [5.74, 6) is 0.299. The molecule has 0 saturated carbocycles. The predicted octanol–water partition coefficient (Wildman–Crippen LogP) is 2.88. The third-order valence-corrected chi connectivity index (χ3v) is 6.26. The van der Waals surface area contributed by atoms with Crippen LogP contribution < -0.4 is 0 Å². The molecule has 2 aliphatic heterocycles. The van der Waals surface area contributed by atoms with Gasteiger partial charge >= 0.3 is 0 Å². The highest BCUT2D eigenvalue weighted by atomic mass is 16.2. The molecule has 2 fully saturated rings. The van der Waals surface area contributed by atoms with Gasteiger partial charge in [0.1, 0.15) is 12.7 Å². The third-order valence-electron chi connectivity index (χ3n) is 6.26. The van der Waals surface area contributed by atoms with Crippen LogP contribution >= 0.6 is 0 Å². The van der Waals surface area contributed by atoms with Crippen LogP contribution in [0.2, 0.25) is 0 Å². The zero-order valence-corrected chi connectivity index (χ0v) is 16.9. The van der Waals surface area contributed by atoms with Crippen LogP contribution in [0.15, 0.2) is 36.9 Å². The maximum absolute atomic E-state index is 12.7. The van der Waals surface area contributed by atoms with Crippen LogP contribution in [0.5, 0.6) is 0 Å². The number of aryl methyl sites for hydroxylation is 2. The van der Waals surface area contributed by atoms with Gasteiger partial charge in [-0.1, -0.05) is 29.8 Å². The lowest BCUT2D eigenvalue weighted by molar-refractivity contribution is -0.130. The quantitative estimate of drug-likeness (QED) is 0.772. The summed E-state index contributed by atoms with van der Waals surface area (Å²) in [6.45, 7) is 8.07. The molecule has 3 heterocycles. The summed E-state index contributed by atoms with van der Waals surface area (Å²) in [5, 5.41) is 4.10. The Labute approximate surface area is 167 Å². The van der Waals surface area contributed by atoms with E-state index >= 15 is 0 Å². The van der Waals surface area contributed by atoms with Crippen molar-refractivity contribution in [3.05, 3.63) is 48.0 Å². The van der Waals surface area contributed by atoms with Gasteiger partial charge in [-0.25, -0.2) is 4.98 Å². The average molecular weight is 382 g/mol. The highest BCUT2D eigenvalue weighted by Gasteiger charge is 2.42. The summed E-state index contributed by atoms with van der Waals surface area (Å²) in [4.78, 5) is 21.3. The number of hydrogen-bond acceptors (Lipinski definition) is 4. The fraction of sp³-hybridized carbons (Fsp3) is 0.591. The monoisotopic (exact) mass is 381 g/mol. The first-order valence-electron chi connectivity index (χ1n) is 10.5. The van der Waals surface area contributed by atoms with E-state index in [2.05, 4.69) is 51.1 Å². The Morgan fingerprint density at radius 2 is 2.14 bits per heavy atom. The lowest BCUT2D eigenvalue weighted by atomic mass is 9.79. The molecule has 1 aromatic carbocycles. The Hall–Kier alpha value is -2.21. The van der Waals surface area contributed by atoms with Crippen LogP contribution in [-0.2, 0) is 17.9 Å². The highest BCUT2D eigenvalue weighted by Crippen LogP contribution is 2.39. The van der Waals surface area contributed by atoms with Gasteiger partial charge in [0.25, 0.3) is 0 Å². The molecule has 1 amide bonds. The lowest BCUT2D eigenvalue weighted by Crippen LogP contribution is -2.45. The van der Waals surface area contributed by atoms with Crippen LogP contribution in [0, 0.1) is 12.3 Å². The van der Waals surface area contributed by atoms with E-state index in [0.717, 1.165) is 45.6 Å². The van der Waals surface area contributed by atoms with Gasteiger partial charge in [-0.15, -0.1) is 0 Å². The van der Waals surface area contributed by atoms with Gasteiger partial charge in [-0.2, -0.15) is 5.10 Å². The van der Waals surface area contributed by atoms with Crippen LogP contribution in [0.1, 0.15) is 43.2 Å². The fourth-order valence-electron chi connectivity index (χ4n) is 4.89. The van der Waals surface area contributed by atoms with Crippen LogP contribution in [0.3, 0.4) is 0 Å². The standard InChI is InChI=1S/C22H31N5O/c1-19-5-2-6-20(13-19)14-25-10-4-8-22(15-25)9-12-26(16-22)21(28)7-3-11-27-18-23-17-24-27/h2,5-6,13,17-18H,3-4,7-12,14-16H2,1H3. The molecular formula is C22H31N5O. The molecule has 0 radical (unpaired) electrons. The number of amides is 1. The van der Waals surface area contributed by atoms with Crippen molar-refractivity contribution in [1.82, 2.24) is 24.6 Å². The van der Waals surface area contributed by atoms with Crippen molar-refractivity contribution in [2.24, 2.45) is 5.41 Å². The van der Waals surface area contributed by atoms with Crippen molar-refractivity contribution in [2.45, 2.75) is 52.1 Å². The van der Waals surface area contributed by atoms with Crippen molar-refractivity contribution < 1.29 is 4.79 Å². The Bertz CT molecular complexity index is 790. The van der Waals surface area contributed by atoms with Crippen molar-refractivity contribution in [2.75, 3.05) is 26.2 Å². The van der Waals surface area contributed by atoms with E-state index in [1.807, 2.05) is 0 Å². The predicted molar refractivity (Wildman–Crippen MR) is 109 cm³/mol. The molecular weight excluding hydrogens is 350 g/mol. The van der Waals surface area contributed by atoms with E-state index in [-0.39, 0.29) is 0 Å². The van der Waals surface area contributed by atoms with Gasteiger partial charge in [-0.05, 0) is 44.7 Å². The number of piperidine rings is 1. The molecule has 2 saturated heterocycles. The summed E-state index contributed by atoms with van der Waals surface area (Å²) < 4.78 is 1.79. The number of hydrogen-bond donors (Lipinski definition) is 0. The van der Waals surface area contributed by atoms with Crippen LogP contribution in [0.25, 0.3) is 0 Å². The van der Waals surface area contributed by atoms with E-state index in [0.29, 0.717) is 17.7 Å². The first-order chi connectivity index (χ1) is 13.6. The minimum Gasteiger partial charge on any atom is -0.342 e. The molecule has 0 aliphatic carbocycles. The number of carbonyl (C=O) groups is 1. The molecule has 4 rings (SSSR count). The maximum atomic E-state index is 12.7. The van der Waals surface area contributed by atoms with Gasteiger partial charge in [0.05, 0.1) is 0 Å². The zero-order valence-electron chi connectivity index (χ0n) is 16.9. The van der Waals surface area contributed by atoms with E-state index in [1.165, 1.54) is 36.8 Å². The summed E-state index contributed by atoms with van der Waals surface area (Å²) in [6, 6.07) is 8.83. The number of nitrogens with zero attached hydrogens (tertiary/aromatic N) is 5. The zero-order chi connectivity index (χ0) is 19.4. The Balaban J connectivity index is 1.28. The van der Waals surface area contributed by atoms with Crippen LogP contribution in [0.4, 0.5) is 0 Å². The smallest absolute Gasteiger partial charge is 0.222 e. The topological polar surface area (TPSA) is 54.3 Å². The number of likely N-dealkylation sites (tertiary alicyclic amines) is 2. The molecule has 0 bridgehead atoms. The van der Waals surface area contributed by atoms with Crippen molar-refractivity contribution >= 4 is 5.91 Å². The summed E-state index contributed by atoms with van der Waals surface area (Å²) in [5.41, 5.74) is 3.02. The molecule has 6 nitrogen and oxygen atoms in total. The van der Waals surface area contributed by atoms with Gasteiger partial charge in [0, 0.05) is 44.6 Å². The van der Waals surface area contributed by atoms with Gasteiger partial charge in [-0.3, -0.25) is 14.4 Å². The largest absolute Gasteiger partial charge is 0.342 e. The van der Waals surface area contributed by atoms with E-state index in [1.54, 1.807) is 11.0 Å². The molecule has 1 spiro atoms. The second-order valence-corrected chi connectivity index (χ2v) is 8.63. The normalized spacial score (nSPS) is 22.8. The molecule has 2 aliphatic rings. The Morgan fingerprint density at radius 1 is 1.21 bits per heavy atom. The van der Waals surface area contributed by atoms with E-state index in [4.69, 9.17) is 0 Å². The maximum Gasteiger partial charge on any atom is 0.222 e. The fourth-order valence-corrected chi connectivity index (χ4v) is 4.89. The van der Waals surface area contributed by atoms with Crippen molar-refractivity contribution in [3.8, 4) is 0 Å². The number of aromatic nitrogens is 3. The minimum atomic E-state index is 0.295. The summed E-state index contributed by atoms with van der Waals surface area (Å²) in [6.07, 6.45) is 8.30. The van der Waals surface area contributed by atoms with Crippen molar-refractivity contribution in [3.63, 3.8) is 0 Å². The Morgan fingerprint density at radius 3 is 2.96 bits per heavy atom. The molecule has 150 valence electrons. The van der Waals surface area contributed by atoms with Gasteiger partial charge in [0.15, 0.2) is 0 Å². The SMILES string of the molecule is Cc1cccc(CN2CCCC3(CCN(C(=O)CCCn4cncn4)C3)C2)c1. The van der Waals surface area contributed by atoms with Crippen LogP contribution in [-0.4, -0.2) is 56.7 Å².